The summed E-state index contributed by atoms with van der Waals surface area (Å²) in [4.78, 5) is 25.2. The van der Waals surface area contributed by atoms with Gasteiger partial charge in [-0.15, -0.1) is 10.2 Å². The van der Waals surface area contributed by atoms with Crippen molar-refractivity contribution in [3.8, 4) is 16.8 Å². The van der Waals surface area contributed by atoms with Crippen LogP contribution in [0.5, 0.6) is 0 Å². The van der Waals surface area contributed by atoms with E-state index in [1.807, 2.05) is 0 Å². The largest absolute Gasteiger partial charge is 0.395 e. The molecule has 5 rings (SSSR count). The van der Waals surface area contributed by atoms with E-state index in [1.54, 1.807) is 66.7 Å². The highest BCUT2D eigenvalue weighted by molar-refractivity contribution is 6.32. The van der Waals surface area contributed by atoms with Crippen molar-refractivity contribution < 1.29 is 19.1 Å². The fourth-order valence-corrected chi connectivity index (χ4v) is 4.88. The highest BCUT2D eigenvalue weighted by Crippen LogP contribution is 2.30. The third-order valence-corrected chi connectivity index (χ3v) is 7.14. The van der Waals surface area contributed by atoms with E-state index >= 15 is 0 Å². The van der Waals surface area contributed by atoms with Gasteiger partial charge in [0.25, 0.3) is 0 Å². The van der Waals surface area contributed by atoms with Gasteiger partial charge in [0.1, 0.15) is 12.1 Å². The number of carbonyl (C=O) groups excluding carboxylic acids is 2. The fourth-order valence-electron chi connectivity index (χ4n) is 4.50. The van der Waals surface area contributed by atoms with Gasteiger partial charge in [-0.05, 0) is 82.6 Å². The molecule has 0 saturated heterocycles. The number of aliphatic hydroxyl groups is 1. The highest BCUT2D eigenvalue weighted by Gasteiger charge is 2.20. The normalized spacial score (nSPS) is 11.7. The summed E-state index contributed by atoms with van der Waals surface area (Å²) in [6.07, 6.45) is 4.54. The molecule has 0 spiro atoms. The maximum Gasteiger partial charge on any atom is 0.319 e. The molecule has 1 atom stereocenters. The van der Waals surface area contributed by atoms with E-state index in [9.17, 15) is 14.0 Å². The van der Waals surface area contributed by atoms with E-state index in [0.717, 1.165) is 0 Å². The van der Waals surface area contributed by atoms with Crippen molar-refractivity contribution in [2.24, 2.45) is 0 Å². The number of nitrogens with one attached hydrogen (secondary N) is 3. The fraction of sp³-hybridized carbons (Fsp3) is 0.129. The lowest BCUT2D eigenvalue weighted by Gasteiger charge is -2.19. The Bertz CT molecular complexity index is 1860. The quantitative estimate of drug-likeness (QED) is 0.147. The van der Waals surface area contributed by atoms with E-state index in [-0.39, 0.29) is 24.7 Å². The average Bonchev–Trinajstić information content (AvgIpc) is 3.58. The van der Waals surface area contributed by atoms with Crippen LogP contribution in [0.3, 0.4) is 0 Å². The van der Waals surface area contributed by atoms with Crippen LogP contribution in [-0.2, 0) is 11.2 Å². The molecule has 3 aromatic carbocycles. The molecule has 12 nitrogen and oxygen atoms in total. The van der Waals surface area contributed by atoms with Gasteiger partial charge in [-0.3, -0.25) is 4.79 Å². The number of tetrazole rings is 1. The molecule has 0 fully saturated rings. The number of hydrogen-bond acceptors (Lipinski definition) is 8. The molecule has 0 aliphatic heterocycles. The van der Waals surface area contributed by atoms with Gasteiger partial charge in [0, 0.05) is 34.5 Å². The van der Waals surface area contributed by atoms with E-state index in [0.29, 0.717) is 44.3 Å². The van der Waals surface area contributed by atoms with Gasteiger partial charge in [0.15, 0.2) is 5.15 Å². The Balaban J connectivity index is 1.41. The molecule has 234 valence electrons. The first-order valence-electron chi connectivity index (χ1n) is 13.8. The smallest absolute Gasteiger partial charge is 0.319 e. The number of halogens is 3. The van der Waals surface area contributed by atoms with Crippen molar-refractivity contribution in [1.29, 1.82) is 0 Å². The average molecular weight is 663 g/mol. The molecule has 0 aliphatic rings. The van der Waals surface area contributed by atoms with Crippen LogP contribution in [0.2, 0.25) is 10.2 Å². The number of amides is 3. The van der Waals surface area contributed by atoms with Gasteiger partial charge in [0.05, 0.1) is 24.0 Å². The second kappa shape index (κ2) is 15.2. The van der Waals surface area contributed by atoms with Crippen molar-refractivity contribution in [3.05, 3.63) is 118 Å². The van der Waals surface area contributed by atoms with Crippen molar-refractivity contribution in [3.63, 3.8) is 0 Å². The molecule has 5 aromatic rings. The van der Waals surface area contributed by atoms with Crippen molar-refractivity contribution in [2.75, 3.05) is 18.5 Å². The number of nitrogens with zero attached hydrogens (tertiary/aromatic N) is 6. The summed E-state index contributed by atoms with van der Waals surface area (Å²) < 4.78 is 15.5. The minimum atomic E-state index is -0.725. The molecule has 3 amide bonds. The molecular weight excluding hydrogens is 636 g/mol. The minimum absolute atomic E-state index is 0.121. The molecule has 15 heteroatoms. The van der Waals surface area contributed by atoms with Gasteiger partial charge in [-0.2, -0.15) is 9.78 Å². The standard InChI is InChI=1S/C31H26Cl2FN9O3/c32-22-7-10-28(43-18-36-41-42-43)21(16-22)6-11-29(45)38-26(15-19-2-1-3-23(34)14-19)27-17-25(30(33)40-39-27)20-4-8-24(9-5-20)37-31(46)35-12-13-44/h1-11,14,16-18,26,44H,12-13,15H2,(H,38,45)(H2,35,37,46). The predicted molar refractivity (Wildman–Crippen MR) is 171 cm³/mol. The van der Waals surface area contributed by atoms with Crippen LogP contribution in [0.15, 0.2) is 85.2 Å². The van der Waals surface area contributed by atoms with Crippen molar-refractivity contribution in [1.82, 2.24) is 41.0 Å². The second-order valence-electron chi connectivity index (χ2n) is 9.84. The molecular formula is C31H26Cl2FN9O3. The lowest BCUT2D eigenvalue weighted by molar-refractivity contribution is -0.117. The Morgan fingerprint density at radius 1 is 1.02 bits per heavy atom. The van der Waals surface area contributed by atoms with E-state index in [2.05, 4.69) is 41.7 Å². The van der Waals surface area contributed by atoms with Crippen LogP contribution in [0.4, 0.5) is 14.9 Å². The molecule has 4 N–H and O–H groups in total. The summed E-state index contributed by atoms with van der Waals surface area (Å²) in [5.41, 5.74) is 3.93. The first-order chi connectivity index (χ1) is 22.3. The number of hydrogen-bond donors (Lipinski definition) is 4. The van der Waals surface area contributed by atoms with Gasteiger partial charge >= 0.3 is 6.03 Å². The highest BCUT2D eigenvalue weighted by atomic mass is 35.5. The number of rotatable bonds is 11. The summed E-state index contributed by atoms with van der Waals surface area (Å²) in [6.45, 7) is -0.0552. The maximum absolute atomic E-state index is 14.1. The van der Waals surface area contributed by atoms with Crippen LogP contribution >= 0.6 is 23.2 Å². The molecule has 0 aliphatic carbocycles. The van der Waals surface area contributed by atoms with Crippen LogP contribution in [0.1, 0.15) is 22.9 Å². The lowest BCUT2D eigenvalue weighted by atomic mass is 10.00. The first-order valence-corrected chi connectivity index (χ1v) is 14.6. The molecule has 1 unspecified atom stereocenters. The Morgan fingerprint density at radius 2 is 1.85 bits per heavy atom. The monoisotopic (exact) mass is 661 g/mol. The van der Waals surface area contributed by atoms with E-state index < -0.39 is 23.8 Å². The van der Waals surface area contributed by atoms with Crippen LogP contribution < -0.4 is 16.0 Å². The summed E-state index contributed by atoms with van der Waals surface area (Å²) >= 11 is 12.6. The van der Waals surface area contributed by atoms with Gasteiger partial charge in [-0.1, -0.05) is 47.5 Å². The zero-order valence-electron chi connectivity index (χ0n) is 23.9. The number of urea groups is 1. The SMILES string of the molecule is O=C(C=Cc1cc(Cl)ccc1-n1cnnn1)NC(Cc1cccc(F)c1)c1cc(-c2ccc(NC(=O)NCCO)cc2)c(Cl)nn1. The molecule has 0 saturated carbocycles. The van der Waals surface area contributed by atoms with E-state index in [1.165, 1.54) is 29.2 Å². The zero-order chi connectivity index (χ0) is 32.5. The molecule has 46 heavy (non-hydrogen) atoms. The Kier molecular flexibility index (Phi) is 10.6. The molecule has 2 aromatic heterocycles. The van der Waals surface area contributed by atoms with Crippen molar-refractivity contribution in [2.45, 2.75) is 12.5 Å². The summed E-state index contributed by atoms with van der Waals surface area (Å²) in [6, 6.07) is 18.5. The molecule has 0 radical (unpaired) electrons. The van der Waals surface area contributed by atoms with Gasteiger partial charge < -0.3 is 21.1 Å². The number of aliphatic hydroxyl groups excluding tert-OH is 1. The first kappa shape index (κ1) is 32.2. The summed E-state index contributed by atoms with van der Waals surface area (Å²) in [5.74, 6) is -0.877. The maximum atomic E-state index is 14.1. The van der Waals surface area contributed by atoms with Crippen molar-refractivity contribution >= 4 is 46.9 Å². The summed E-state index contributed by atoms with van der Waals surface area (Å²) in [5, 5.41) is 37.2. The van der Waals surface area contributed by atoms with Gasteiger partial charge in [0.2, 0.25) is 5.91 Å². The molecule has 0 bridgehead atoms. The van der Waals surface area contributed by atoms with E-state index in [4.69, 9.17) is 28.3 Å². The molecule has 2 heterocycles. The number of benzene rings is 3. The summed E-state index contributed by atoms with van der Waals surface area (Å²) in [7, 11) is 0. The Morgan fingerprint density at radius 3 is 2.59 bits per heavy atom. The van der Waals surface area contributed by atoms with Crippen LogP contribution in [0, 0.1) is 5.82 Å². The number of carbonyl (C=O) groups is 2. The minimum Gasteiger partial charge on any atom is -0.395 e. The topological polar surface area (TPSA) is 160 Å². The number of anilines is 1. The van der Waals surface area contributed by atoms with Crippen LogP contribution in [0.25, 0.3) is 22.9 Å². The Hall–Kier alpha value is -5.24. The van der Waals surface area contributed by atoms with Crippen LogP contribution in [-0.4, -0.2) is 60.6 Å². The Labute approximate surface area is 272 Å². The third-order valence-electron chi connectivity index (χ3n) is 6.62. The second-order valence-corrected chi connectivity index (χ2v) is 10.6. The zero-order valence-corrected chi connectivity index (χ0v) is 25.5. The lowest BCUT2D eigenvalue weighted by Crippen LogP contribution is -2.30. The third kappa shape index (κ3) is 8.47. The predicted octanol–water partition coefficient (Wildman–Crippen LogP) is 4.79. The number of aromatic nitrogens is 6. The van der Waals surface area contributed by atoms with Gasteiger partial charge in [-0.25, -0.2) is 9.18 Å².